The van der Waals surface area contributed by atoms with Gasteiger partial charge in [-0.2, -0.15) is 5.26 Å². The second-order valence-electron chi connectivity index (χ2n) is 8.25. The second-order valence-corrected chi connectivity index (χ2v) is 8.25. The van der Waals surface area contributed by atoms with Crippen molar-refractivity contribution in [2.75, 3.05) is 6.54 Å². The molecule has 0 radical (unpaired) electrons. The van der Waals surface area contributed by atoms with Gasteiger partial charge in [-0.1, -0.05) is 6.07 Å². The number of ether oxygens (including phenoxy) is 1. The van der Waals surface area contributed by atoms with Crippen LogP contribution in [0.2, 0.25) is 0 Å². The molecule has 0 aromatic heterocycles. The molecule has 1 aromatic carbocycles. The molecule has 1 N–H and O–H groups in total. The Morgan fingerprint density at radius 2 is 2.00 bits per heavy atom. The lowest BCUT2D eigenvalue weighted by atomic mass is 9.93. The Labute approximate surface area is 163 Å². The zero-order valence-corrected chi connectivity index (χ0v) is 16.2. The number of phenols is 1. The lowest BCUT2D eigenvalue weighted by Crippen LogP contribution is -2.55. The van der Waals surface area contributed by atoms with Gasteiger partial charge in [0.2, 0.25) is 5.91 Å². The van der Waals surface area contributed by atoms with Crippen molar-refractivity contribution in [3.63, 3.8) is 0 Å². The minimum absolute atomic E-state index is 0.0220. The first-order chi connectivity index (χ1) is 13.1. The van der Waals surface area contributed by atoms with Crippen molar-refractivity contribution in [3.8, 4) is 11.8 Å². The molecule has 28 heavy (non-hydrogen) atoms. The fraction of sp³-hybridized carbons (Fsp3) is 0.550. The summed E-state index contributed by atoms with van der Waals surface area (Å²) in [7, 11) is 0. The van der Waals surface area contributed by atoms with Crippen LogP contribution in [0, 0.1) is 11.3 Å². The highest BCUT2D eigenvalue weighted by Crippen LogP contribution is 2.30. The number of amides is 2. The molecule has 0 bridgehead atoms. The number of aromatic hydroxyl groups is 1. The molecule has 7 nitrogen and oxygen atoms in total. The van der Waals surface area contributed by atoms with E-state index in [4.69, 9.17) is 4.74 Å². The average Bonchev–Trinajstić information content (AvgIpc) is 2.99. The summed E-state index contributed by atoms with van der Waals surface area (Å²) in [6.45, 7) is 5.11. The summed E-state index contributed by atoms with van der Waals surface area (Å²) in [5.41, 5.74) is 0.786. The maximum absolute atomic E-state index is 13.8. The van der Waals surface area contributed by atoms with Crippen molar-refractivity contribution in [1.82, 2.24) is 9.80 Å². The number of nitrogens with zero attached hydrogens (tertiary/aromatic N) is 3. The normalized spacial score (nSPS) is 24.5. The fourth-order valence-corrected chi connectivity index (χ4v) is 3.65. The van der Waals surface area contributed by atoms with Gasteiger partial charge in [0.1, 0.15) is 29.6 Å². The molecule has 2 heterocycles. The average molecular weight is 389 g/mol. The molecule has 1 saturated heterocycles. The number of nitriles is 1. The third kappa shape index (κ3) is 4.03. The molecular weight excluding hydrogens is 365 g/mol. The maximum Gasteiger partial charge on any atom is 0.411 e. The van der Waals surface area contributed by atoms with E-state index in [1.54, 1.807) is 32.9 Å². The number of halogens is 1. The van der Waals surface area contributed by atoms with Crippen LogP contribution in [-0.2, 0) is 22.5 Å². The molecule has 0 saturated carbocycles. The minimum Gasteiger partial charge on any atom is -0.508 e. The topological polar surface area (TPSA) is 93.9 Å². The van der Waals surface area contributed by atoms with E-state index in [0.29, 0.717) is 0 Å². The predicted molar refractivity (Wildman–Crippen MR) is 98.0 cm³/mol. The van der Waals surface area contributed by atoms with Crippen molar-refractivity contribution in [3.05, 3.63) is 29.3 Å². The Morgan fingerprint density at radius 3 is 2.64 bits per heavy atom. The Hall–Kier alpha value is -2.82. The van der Waals surface area contributed by atoms with Gasteiger partial charge < -0.3 is 14.7 Å². The van der Waals surface area contributed by atoms with Gasteiger partial charge in [0, 0.05) is 12.8 Å². The van der Waals surface area contributed by atoms with Crippen molar-refractivity contribution in [2.45, 2.75) is 64.0 Å². The zero-order valence-electron chi connectivity index (χ0n) is 16.2. The van der Waals surface area contributed by atoms with Gasteiger partial charge in [0.05, 0.1) is 19.2 Å². The number of benzene rings is 1. The van der Waals surface area contributed by atoms with Crippen LogP contribution in [0.15, 0.2) is 18.2 Å². The van der Waals surface area contributed by atoms with E-state index >= 15 is 0 Å². The first-order valence-electron chi connectivity index (χ1n) is 9.23. The van der Waals surface area contributed by atoms with Gasteiger partial charge in [-0.05, 0) is 44.0 Å². The molecule has 3 atom stereocenters. The summed E-state index contributed by atoms with van der Waals surface area (Å²) < 4.78 is 19.3. The van der Waals surface area contributed by atoms with Crippen molar-refractivity contribution < 1.29 is 23.8 Å². The molecular formula is C20H24FN3O4. The molecule has 0 aliphatic carbocycles. The summed E-state index contributed by atoms with van der Waals surface area (Å²) in [5, 5.41) is 19.0. The second kappa shape index (κ2) is 7.30. The van der Waals surface area contributed by atoms with E-state index < -0.39 is 35.9 Å². The lowest BCUT2D eigenvalue weighted by Gasteiger charge is -2.38. The molecule has 3 rings (SSSR count). The van der Waals surface area contributed by atoms with Gasteiger partial charge in [-0.25, -0.2) is 9.18 Å². The zero-order chi connectivity index (χ0) is 20.6. The first-order valence-corrected chi connectivity index (χ1v) is 9.23. The van der Waals surface area contributed by atoms with Crippen LogP contribution in [0.3, 0.4) is 0 Å². The Balaban J connectivity index is 1.93. The molecule has 2 aliphatic heterocycles. The number of fused-ring (bicyclic) bond motifs is 1. The molecule has 2 amide bonds. The molecule has 1 aromatic rings. The van der Waals surface area contributed by atoms with Crippen LogP contribution < -0.4 is 0 Å². The highest BCUT2D eigenvalue weighted by molar-refractivity contribution is 5.87. The monoisotopic (exact) mass is 389 g/mol. The minimum atomic E-state index is -1.25. The van der Waals surface area contributed by atoms with E-state index in [0.717, 1.165) is 11.1 Å². The Kier molecular flexibility index (Phi) is 5.20. The van der Waals surface area contributed by atoms with Gasteiger partial charge in [0.15, 0.2) is 0 Å². The van der Waals surface area contributed by atoms with E-state index in [2.05, 4.69) is 0 Å². The first kappa shape index (κ1) is 19.9. The van der Waals surface area contributed by atoms with Crippen LogP contribution in [0.4, 0.5) is 9.18 Å². The highest BCUT2D eigenvalue weighted by Gasteiger charge is 2.43. The molecule has 0 unspecified atom stereocenters. The number of carbonyl (C=O) groups is 2. The standard InChI is InChI=1S/C20H24FN3O4/c1-20(2,3)28-19(27)24-10-13-6-16(25)5-4-12(13)7-17(24)18(26)23-11-14(21)8-15(23)9-22/h4-6,14-15,17,25H,7-8,10-11H2,1-3H3/t14-,15-,17-/m0/s1. The lowest BCUT2D eigenvalue weighted by molar-refractivity contribution is -0.137. The molecule has 1 fully saturated rings. The van der Waals surface area contributed by atoms with Gasteiger partial charge >= 0.3 is 6.09 Å². The van der Waals surface area contributed by atoms with Gasteiger partial charge in [-0.15, -0.1) is 0 Å². The summed E-state index contributed by atoms with van der Waals surface area (Å²) in [5.74, 6) is -0.395. The Morgan fingerprint density at radius 1 is 1.29 bits per heavy atom. The van der Waals surface area contributed by atoms with Crippen LogP contribution in [0.5, 0.6) is 5.75 Å². The number of hydrogen-bond donors (Lipinski definition) is 1. The number of carbonyl (C=O) groups excluding carboxylic acids is 2. The fourth-order valence-electron chi connectivity index (χ4n) is 3.65. The van der Waals surface area contributed by atoms with Crippen molar-refractivity contribution in [1.29, 1.82) is 5.26 Å². The van der Waals surface area contributed by atoms with Crippen molar-refractivity contribution in [2.24, 2.45) is 0 Å². The molecule has 2 aliphatic rings. The Bertz CT molecular complexity index is 830. The van der Waals surface area contributed by atoms with Crippen LogP contribution in [0.25, 0.3) is 0 Å². The van der Waals surface area contributed by atoms with E-state index in [-0.39, 0.29) is 31.7 Å². The molecule has 8 heteroatoms. The molecule has 0 spiro atoms. The quantitative estimate of drug-likeness (QED) is 0.797. The summed E-state index contributed by atoms with van der Waals surface area (Å²) in [6.07, 6.45) is -1.73. The van der Waals surface area contributed by atoms with Crippen LogP contribution in [0.1, 0.15) is 38.3 Å². The van der Waals surface area contributed by atoms with E-state index in [1.165, 1.54) is 15.9 Å². The number of hydrogen-bond acceptors (Lipinski definition) is 5. The van der Waals surface area contributed by atoms with Gasteiger partial charge in [0.25, 0.3) is 0 Å². The van der Waals surface area contributed by atoms with Crippen LogP contribution in [-0.4, -0.2) is 57.3 Å². The summed E-state index contributed by atoms with van der Waals surface area (Å²) >= 11 is 0. The van der Waals surface area contributed by atoms with Gasteiger partial charge in [-0.3, -0.25) is 9.69 Å². The number of rotatable bonds is 1. The van der Waals surface area contributed by atoms with Crippen LogP contribution >= 0.6 is 0 Å². The largest absolute Gasteiger partial charge is 0.508 e. The molecule has 150 valence electrons. The number of alkyl halides is 1. The third-order valence-corrected chi connectivity index (χ3v) is 4.92. The van der Waals surface area contributed by atoms with Crippen molar-refractivity contribution >= 4 is 12.0 Å². The number of phenolic OH excluding ortho intramolecular Hbond substituents is 1. The van der Waals surface area contributed by atoms with E-state index in [9.17, 15) is 24.3 Å². The smallest absolute Gasteiger partial charge is 0.411 e. The highest BCUT2D eigenvalue weighted by atomic mass is 19.1. The SMILES string of the molecule is CC(C)(C)OC(=O)N1Cc2cc(O)ccc2C[C@H]1C(=O)N1C[C@@H](F)C[C@H]1C#N. The summed E-state index contributed by atoms with van der Waals surface area (Å²) in [4.78, 5) is 28.5. The third-order valence-electron chi connectivity index (χ3n) is 4.92. The van der Waals surface area contributed by atoms with E-state index in [1.807, 2.05) is 6.07 Å². The maximum atomic E-state index is 13.8. The summed E-state index contributed by atoms with van der Waals surface area (Å²) in [6, 6.07) is 5.02. The predicted octanol–water partition coefficient (Wildman–Crippen LogP) is 2.52. The number of likely N-dealkylation sites (tertiary alicyclic amines) is 1.